The van der Waals surface area contributed by atoms with Crippen LogP contribution in [-0.2, 0) is 4.79 Å². The highest BCUT2D eigenvalue weighted by molar-refractivity contribution is 6.87. The van der Waals surface area contributed by atoms with Gasteiger partial charge in [0.2, 0.25) is 0 Å². The zero-order valence-electron chi connectivity index (χ0n) is 9.71. The molecule has 2 heteroatoms. The molecule has 0 radical (unpaired) electrons. The monoisotopic (exact) mass is 218 g/mol. The summed E-state index contributed by atoms with van der Waals surface area (Å²) >= 11 is 0. The number of ketones is 1. The van der Waals surface area contributed by atoms with Gasteiger partial charge in [0.15, 0.2) is 5.78 Å². The first kappa shape index (κ1) is 9.58. The Balaban J connectivity index is 2.02. The highest BCUT2D eigenvalue weighted by Gasteiger charge is 2.51. The lowest BCUT2D eigenvalue weighted by Crippen LogP contribution is -2.30. The van der Waals surface area contributed by atoms with Gasteiger partial charge in [-0.15, -0.1) is 0 Å². The molecule has 0 aromatic carbocycles. The minimum atomic E-state index is -1.40. The number of carbonyl (C=O) groups is 1. The molecular weight excluding hydrogens is 200 g/mol. The molecule has 3 atom stereocenters. The Kier molecular flexibility index (Phi) is 1.74. The molecule has 0 heterocycles. The van der Waals surface area contributed by atoms with E-state index in [1.807, 2.05) is 0 Å². The van der Waals surface area contributed by atoms with Gasteiger partial charge in [0.1, 0.15) is 0 Å². The van der Waals surface area contributed by atoms with Crippen molar-refractivity contribution < 1.29 is 4.79 Å². The molecule has 1 fully saturated rings. The van der Waals surface area contributed by atoms with Crippen molar-refractivity contribution in [2.24, 2.45) is 17.8 Å². The number of Topliss-reactive ketones (excluding diaryl/α,β-unsaturated/α-hetero) is 1. The number of allylic oxidation sites excluding steroid dienone is 4. The van der Waals surface area contributed by atoms with E-state index in [1.165, 1.54) is 23.6 Å². The Bertz CT molecular complexity index is 397. The summed E-state index contributed by atoms with van der Waals surface area (Å²) in [6, 6.07) is 0. The van der Waals surface area contributed by atoms with Crippen LogP contribution in [0.4, 0.5) is 0 Å². The Morgan fingerprint density at radius 2 is 2.07 bits per heavy atom. The molecule has 2 bridgehead atoms. The molecule has 0 saturated heterocycles. The van der Waals surface area contributed by atoms with E-state index in [-0.39, 0.29) is 5.92 Å². The van der Waals surface area contributed by atoms with E-state index in [2.05, 4.69) is 31.8 Å². The largest absolute Gasteiger partial charge is 0.294 e. The normalized spacial score (nSPS) is 38.1. The molecule has 0 aromatic heterocycles. The first-order valence-corrected chi connectivity index (χ1v) is 9.44. The summed E-state index contributed by atoms with van der Waals surface area (Å²) in [4.78, 5) is 12.3. The van der Waals surface area contributed by atoms with Gasteiger partial charge in [-0.05, 0) is 29.9 Å². The van der Waals surface area contributed by atoms with E-state index < -0.39 is 8.07 Å². The minimum Gasteiger partial charge on any atom is -0.294 e. The lowest BCUT2D eigenvalue weighted by atomic mass is 9.86. The molecule has 1 saturated carbocycles. The molecule has 0 amide bonds. The molecule has 0 aromatic rings. The van der Waals surface area contributed by atoms with Crippen LogP contribution in [0, 0.1) is 17.8 Å². The third-order valence-electron chi connectivity index (χ3n) is 4.22. The van der Waals surface area contributed by atoms with Gasteiger partial charge in [0.05, 0.1) is 8.07 Å². The second-order valence-corrected chi connectivity index (χ2v) is 11.3. The SMILES string of the molecule is C[Si](C)(C)C1=C[C@@H]2[C@@H]3CC=C(C3)[C@@H]2C1=O. The fourth-order valence-corrected chi connectivity index (χ4v) is 5.06. The second kappa shape index (κ2) is 2.73. The van der Waals surface area contributed by atoms with Crippen molar-refractivity contribution in [2.45, 2.75) is 32.5 Å². The van der Waals surface area contributed by atoms with Gasteiger partial charge in [-0.1, -0.05) is 37.4 Å². The van der Waals surface area contributed by atoms with Crippen LogP contribution in [0.2, 0.25) is 19.6 Å². The predicted octanol–water partition coefficient (Wildman–Crippen LogP) is 2.96. The highest BCUT2D eigenvalue weighted by atomic mass is 28.3. The Morgan fingerprint density at radius 3 is 2.67 bits per heavy atom. The summed E-state index contributed by atoms with van der Waals surface area (Å²) < 4.78 is 0. The van der Waals surface area contributed by atoms with Crippen LogP contribution in [0.1, 0.15) is 12.8 Å². The molecule has 3 aliphatic carbocycles. The maximum Gasteiger partial charge on any atom is 0.162 e. The van der Waals surface area contributed by atoms with Gasteiger partial charge in [0, 0.05) is 5.92 Å². The summed E-state index contributed by atoms with van der Waals surface area (Å²) in [5.74, 6) is 2.11. The van der Waals surface area contributed by atoms with Gasteiger partial charge >= 0.3 is 0 Å². The Hall–Kier alpha value is -0.633. The molecule has 0 unspecified atom stereocenters. The van der Waals surface area contributed by atoms with Gasteiger partial charge in [-0.2, -0.15) is 0 Å². The van der Waals surface area contributed by atoms with Gasteiger partial charge in [-0.3, -0.25) is 4.79 Å². The van der Waals surface area contributed by atoms with Crippen molar-refractivity contribution in [3.63, 3.8) is 0 Å². The molecule has 0 spiro atoms. The van der Waals surface area contributed by atoms with Crippen molar-refractivity contribution in [1.82, 2.24) is 0 Å². The zero-order valence-corrected chi connectivity index (χ0v) is 10.7. The summed E-state index contributed by atoms with van der Waals surface area (Å²) in [5.41, 5.74) is 1.46. The van der Waals surface area contributed by atoms with Crippen molar-refractivity contribution >= 4 is 13.9 Å². The lowest BCUT2D eigenvalue weighted by Gasteiger charge is -2.19. The Morgan fingerprint density at radius 1 is 1.33 bits per heavy atom. The molecule has 80 valence electrons. The molecule has 0 N–H and O–H groups in total. The lowest BCUT2D eigenvalue weighted by molar-refractivity contribution is -0.117. The maximum absolute atomic E-state index is 12.3. The molecular formula is C13H18OSi. The predicted molar refractivity (Wildman–Crippen MR) is 64.2 cm³/mol. The van der Waals surface area contributed by atoms with Crippen LogP contribution in [-0.4, -0.2) is 13.9 Å². The van der Waals surface area contributed by atoms with Gasteiger partial charge < -0.3 is 0 Å². The van der Waals surface area contributed by atoms with E-state index in [0.29, 0.717) is 11.7 Å². The van der Waals surface area contributed by atoms with Crippen molar-refractivity contribution in [1.29, 1.82) is 0 Å². The topological polar surface area (TPSA) is 17.1 Å². The highest BCUT2D eigenvalue weighted by Crippen LogP contribution is 2.54. The van der Waals surface area contributed by atoms with Crippen LogP contribution in [0.3, 0.4) is 0 Å². The van der Waals surface area contributed by atoms with Crippen LogP contribution < -0.4 is 0 Å². The summed E-state index contributed by atoms with van der Waals surface area (Å²) in [6.45, 7) is 6.86. The van der Waals surface area contributed by atoms with Crippen LogP contribution in [0.5, 0.6) is 0 Å². The molecule has 3 rings (SSSR count). The van der Waals surface area contributed by atoms with Gasteiger partial charge in [-0.25, -0.2) is 0 Å². The third kappa shape index (κ3) is 1.17. The van der Waals surface area contributed by atoms with E-state index in [1.54, 1.807) is 0 Å². The average Bonchev–Trinajstić information content (AvgIpc) is 2.73. The van der Waals surface area contributed by atoms with Crippen molar-refractivity contribution in [3.8, 4) is 0 Å². The Labute approximate surface area is 92.3 Å². The van der Waals surface area contributed by atoms with Crippen molar-refractivity contribution in [3.05, 3.63) is 22.9 Å². The number of carbonyl (C=O) groups excluding carboxylic acids is 1. The first-order valence-electron chi connectivity index (χ1n) is 5.94. The summed E-state index contributed by atoms with van der Waals surface area (Å²) in [5, 5.41) is 1.22. The molecule has 0 aliphatic heterocycles. The second-order valence-electron chi connectivity index (χ2n) is 6.23. The van der Waals surface area contributed by atoms with Gasteiger partial charge in [0.25, 0.3) is 0 Å². The third-order valence-corrected chi connectivity index (χ3v) is 6.25. The summed E-state index contributed by atoms with van der Waals surface area (Å²) in [7, 11) is -1.40. The van der Waals surface area contributed by atoms with Crippen LogP contribution in [0.15, 0.2) is 22.9 Å². The fraction of sp³-hybridized carbons (Fsp3) is 0.615. The molecule has 3 aliphatic rings. The summed E-state index contributed by atoms with van der Waals surface area (Å²) in [6.07, 6.45) is 7.10. The molecule has 15 heavy (non-hydrogen) atoms. The van der Waals surface area contributed by atoms with Crippen molar-refractivity contribution in [2.75, 3.05) is 0 Å². The van der Waals surface area contributed by atoms with Crippen LogP contribution in [0.25, 0.3) is 0 Å². The van der Waals surface area contributed by atoms with E-state index in [0.717, 1.165) is 5.92 Å². The van der Waals surface area contributed by atoms with Crippen LogP contribution >= 0.6 is 0 Å². The number of hydrogen-bond donors (Lipinski definition) is 0. The number of fused-ring (bicyclic) bond motifs is 5. The number of rotatable bonds is 1. The van der Waals surface area contributed by atoms with E-state index >= 15 is 0 Å². The minimum absolute atomic E-state index is 0.283. The fourth-order valence-electron chi connectivity index (χ4n) is 3.48. The first-order chi connectivity index (χ1) is 6.98. The quantitative estimate of drug-likeness (QED) is 0.488. The maximum atomic E-state index is 12.3. The molecule has 1 nitrogen and oxygen atoms in total. The van der Waals surface area contributed by atoms with E-state index in [9.17, 15) is 4.79 Å². The average molecular weight is 218 g/mol. The smallest absolute Gasteiger partial charge is 0.162 e. The standard InChI is InChI=1S/C13H18OSi/c1-15(2,3)11-7-10-8-4-5-9(6-8)12(10)13(11)14/h5,7-8,10,12H,4,6H2,1-3H3/t8-,10-,12+/m1/s1. The zero-order chi connectivity index (χ0) is 10.8. The van der Waals surface area contributed by atoms with E-state index in [4.69, 9.17) is 0 Å². The number of hydrogen-bond acceptors (Lipinski definition) is 1.